The highest BCUT2D eigenvalue weighted by molar-refractivity contribution is 9.50. The summed E-state index contributed by atoms with van der Waals surface area (Å²) in [4.78, 5) is 0. The first-order chi connectivity index (χ1) is 2.77. The lowest BCUT2D eigenvalue weighted by molar-refractivity contribution is 1.42. The van der Waals surface area contributed by atoms with Crippen LogP contribution >= 0.6 is 25.0 Å². The van der Waals surface area contributed by atoms with Crippen LogP contribution in [0.3, 0.4) is 0 Å². The van der Waals surface area contributed by atoms with Gasteiger partial charge >= 0.3 is 0 Å². The minimum Gasteiger partial charge on any atom is -0.0693 e. The van der Waals surface area contributed by atoms with Crippen molar-refractivity contribution in [2.75, 3.05) is 0 Å². The fourth-order valence-corrected chi connectivity index (χ4v) is 1.39. The summed E-state index contributed by atoms with van der Waals surface area (Å²) in [5, 5.41) is 2.04. The normalized spacial score (nSPS) is 7.83. The minimum atomic E-state index is 1.33. The van der Waals surface area contributed by atoms with Gasteiger partial charge in [-0.05, 0) is 34.1 Å². The highest BCUT2D eigenvalue weighted by Gasteiger charge is 1.69. The van der Waals surface area contributed by atoms with Crippen LogP contribution in [0.1, 0.15) is 13.8 Å². The van der Waals surface area contributed by atoms with E-state index in [-0.39, 0.29) is 0 Å². The molecule has 0 nitrogen and oxygen atoms in total. The Hall–Kier alpha value is 0.570. The number of hydrogen-bond donors (Lipinski definition) is 0. The standard InChI is InChI=1S/C4H7BrS/c1-4(2)3-6-5/h3H,1-2H3. The summed E-state index contributed by atoms with van der Waals surface area (Å²) in [5.74, 6) is 0. The summed E-state index contributed by atoms with van der Waals surface area (Å²) in [7, 11) is 1.56. The SMILES string of the molecule is CC(C)=CSBr. The molecule has 0 aliphatic carbocycles. The van der Waals surface area contributed by atoms with E-state index >= 15 is 0 Å². The third-order valence-corrected chi connectivity index (χ3v) is 1.40. The number of halogens is 1. The minimum absolute atomic E-state index is 1.33. The second-order valence-electron chi connectivity index (χ2n) is 1.28. The fraction of sp³-hybridized carbons (Fsp3) is 0.500. The van der Waals surface area contributed by atoms with E-state index < -0.39 is 0 Å². The van der Waals surface area contributed by atoms with E-state index in [0.717, 1.165) is 0 Å². The molecule has 0 saturated heterocycles. The smallest absolute Gasteiger partial charge is 0.00620 e. The molecule has 0 radical (unpaired) electrons. The average Bonchev–Trinajstić information content (AvgIpc) is 1.35. The molecule has 0 spiro atoms. The largest absolute Gasteiger partial charge is 0.0693 e. The van der Waals surface area contributed by atoms with E-state index in [4.69, 9.17) is 0 Å². The highest BCUT2D eigenvalue weighted by Crippen LogP contribution is 2.13. The van der Waals surface area contributed by atoms with Crippen LogP contribution in [0.15, 0.2) is 11.0 Å². The molecule has 0 aliphatic rings. The van der Waals surface area contributed by atoms with Gasteiger partial charge in [-0.3, -0.25) is 0 Å². The predicted octanol–water partition coefficient (Wildman–Crippen LogP) is 2.95. The van der Waals surface area contributed by atoms with Gasteiger partial charge in [0, 0.05) is 0 Å². The van der Waals surface area contributed by atoms with Gasteiger partial charge < -0.3 is 0 Å². The molecule has 0 aromatic heterocycles. The maximum atomic E-state index is 3.19. The van der Waals surface area contributed by atoms with Crippen molar-refractivity contribution in [3.05, 3.63) is 11.0 Å². The summed E-state index contributed by atoms with van der Waals surface area (Å²) < 4.78 is 0. The first-order valence-corrected chi connectivity index (χ1v) is 4.40. The molecule has 0 atom stereocenters. The molecule has 0 unspecified atom stereocenters. The summed E-state index contributed by atoms with van der Waals surface area (Å²) in [6.07, 6.45) is 0. The van der Waals surface area contributed by atoms with Gasteiger partial charge in [0.15, 0.2) is 0 Å². The number of hydrogen-bond acceptors (Lipinski definition) is 1. The summed E-state index contributed by atoms with van der Waals surface area (Å²) in [6, 6.07) is 0. The Morgan fingerprint density at radius 3 is 2.17 bits per heavy atom. The Labute approximate surface area is 50.2 Å². The molecule has 2 heteroatoms. The molecule has 0 amide bonds. The first-order valence-electron chi connectivity index (χ1n) is 1.68. The second-order valence-corrected chi connectivity index (χ2v) is 2.82. The third-order valence-electron chi connectivity index (χ3n) is 0.280. The molecule has 0 fully saturated rings. The van der Waals surface area contributed by atoms with Crippen molar-refractivity contribution >= 4 is 25.0 Å². The summed E-state index contributed by atoms with van der Waals surface area (Å²) >= 11 is 3.19. The first kappa shape index (κ1) is 6.57. The van der Waals surface area contributed by atoms with Crippen LogP contribution in [-0.2, 0) is 0 Å². The van der Waals surface area contributed by atoms with Gasteiger partial charge in [0.2, 0.25) is 0 Å². The van der Waals surface area contributed by atoms with Crippen LogP contribution in [0.25, 0.3) is 0 Å². The molecule has 0 heterocycles. The van der Waals surface area contributed by atoms with Crippen molar-refractivity contribution in [2.24, 2.45) is 0 Å². The maximum absolute atomic E-state index is 3.19. The molecule has 0 N–H and O–H groups in total. The monoisotopic (exact) mass is 166 g/mol. The van der Waals surface area contributed by atoms with Crippen molar-refractivity contribution in [1.29, 1.82) is 0 Å². The molecule has 36 valence electrons. The molecular weight excluding hydrogens is 160 g/mol. The van der Waals surface area contributed by atoms with E-state index in [1.54, 1.807) is 10.2 Å². The highest BCUT2D eigenvalue weighted by atomic mass is 79.9. The van der Waals surface area contributed by atoms with E-state index in [1.165, 1.54) is 5.57 Å². The van der Waals surface area contributed by atoms with Crippen molar-refractivity contribution in [1.82, 2.24) is 0 Å². The van der Waals surface area contributed by atoms with E-state index in [9.17, 15) is 0 Å². The Bertz CT molecular complexity index is 54.6. The quantitative estimate of drug-likeness (QED) is 0.578. The molecule has 6 heavy (non-hydrogen) atoms. The Kier molecular flexibility index (Phi) is 4.11. The molecule has 0 aromatic rings. The number of rotatable bonds is 1. The van der Waals surface area contributed by atoms with Crippen molar-refractivity contribution < 1.29 is 0 Å². The summed E-state index contributed by atoms with van der Waals surface area (Å²) in [5.41, 5.74) is 1.33. The molecule has 0 saturated carbocycles. The lowest BCUT2D eigenvalue weighted by Crippen LogP contribution is -1.51. The maximum Gasteiger partial charge on any atom is -0.00620 e. The zero-order valence-electron chi connectivity index (χ0n) is 3.86. The summed E-state index contributed by atoms with van der Waals surface area (Å²) in [6.45, 7) is 4.13. The molecule has 0 aliphatic heterocycles. The number of allylic oxidation sites excluding steroid dienone is 1. The lowest BCUT2D eigenvalue weighted by Gasteiger charge is -1.78. The Morgan fingerprint density at radius 2 is 2.17 bits per heavy atom. The van der Waals surface area contributed by atoms with Gasteiger partial charge in [-0.2, -0.15) is 0 Å². The van der Waals surface area contributed by atoms with Gasteiger partial charge in [-0.15, -0.1) is 0 Å². The zero-order chi connectivity index (χ0) is 4.99. The second kappa shape index (κ2) is 3.75. The fourth-order valence-electron chi connectivity index (χ4n) is 0.0891. The van der Waals surface area contributed by atoms with Gasteiger partial charge in [0.05, 0.1) is 0 Å². The topological polar surface area (TPSA) is 0 Å². The van der Waals surface area contributed by atoms with Crippen LogP contribution < -0.4 is 0 Å². The lowest BCUT2D eigenvalue weighted by atomic mass is 10.4. The Morgan fingerprint density at radius 1 is 1.67 bits per heavy atom. The molecule has 0 aromatic carbocycles. The van der Waals surface area contributed by atoms with Crippen molar-refractivity contribution in [2.45, 2.75) is 13.8 Å². The van der Waals surface area contributed by atoms with Crippen LogP contribution in [0.5, 0.6) is 0 Å². The molecule has 0 rings (SSSR count). The van der Waals surface area contributed by atoms with Gasteiger partial charge in [0.25, 0.3) is 0 Å². The van der Waals surface area contributed by atoms with E-state index in [1.807, 2.05) is 5.41 Å². The van der Waals surface area contributed by atoms with Gasteiger partial charge in [-0.1, -0.05) is 15.8 Å². The van der Waals surface area contributed by atoms with Crippen LogP contribution in [0.2, 0.25) is 0 Å². The van der Waals surface area contributed by atoms with Gasteiger partial charge in [-0.25, -0.2) is 0 Å². The van der Waals surface area contributed by atoms with Crippen molar-refractivity contribution in [3.8, 4) is 0 Å². The van der Waals surface area contributed by atoms with E-state index in [2.05, 4.69) is 28.7 Å². The average molecular weight is 167 g/mol. The van der Waals surface area contributed by atoms with Crippen LogP contribution in [0, 0.1) is 0 Å². The predicted molar refractivity (Wildman–Crippen MR) is 35.9 cm³/mol. The zero-order valence-corrected chi connectivity index (χ0v) is 6.27. The van der Waals surface area contributed by atoms with E-state index in [0.29, 0.717) is 0 Å². The van der Waals surface area contributed by atoms with Gasteiger partial charge in [0.1, 0.15) is 0 Å². The third kappa shape index (κ3) is 4.57. The Balaban J connectivity index is 3.14. The molecular formula is C4H7BrS. The van der Waals surface area contributed by atoms with Crippen LogP contribution in [-0.4, -0.2) is 0 Å². The molecule has 0 bridgehead atoms. The van der Waals surface area contributed by atoms with Crippen LogP contribution in [0.4, 0.5) is 0 Å². The van der Waals surface area contributed by atoms with Crippen molar-refractivity contribution in [3.63, 3.8) is 0 Å².